The molecule has 0 aliphatic carbocycles. The van der Waals surface area contributed by atoms with Crippen LogP contribution in [-0.2, 0) is 33.3 Å². The molecule has 0 bridgehead atoms. The summed E-state index contributed by atoms with van der Waals surface area (Å²) in [5.74, 6) is -14.3. The zero-order valence-corrected chi connectivity index (χ0v) is 18.9. The average molecular weight is 528 g/mol. The van der Waals surface area contributed by atoms with Crippen LogP contribution < -0.4 is 4.74 Å². The van der Waals surface area contributed by atoms with Gasteiger partial charge in [-0.15, -0.1) is 0 Å². The molecule has 0 atom stereocenters. The number of benzene rings is 2. The molecule has 0 saturated heterocycles. The molecule has 2 aromatic carbocycles. The van der Waals surface area contributed by atoms with Crippen LogP contribution in [0.3, 0.4) is 0 Å². The van der Waals surface area contributed by atoms with Gasteiger partial charge in [-0.2, -0.15) is 17.2 Å². The quantitative estimate of drug-likeness (QED) is 0.0662. The molecular weight excluding hydrogens is 507 g/mol. The van der Waals surface area contributed by atoms with Crippen LogP contribution in [0.25, 0.3) is 0 Å². The molecule has 8 nitrogen and oxygen atoms in total. The molecule has 0 unspecified atom stereocenters. The Morgan fingerprint density at radius 1 is 0.657 bits per heavy atom. The Bertz CT molecular complexity index is 1050. The van der Waals surface area contributed by atoms with E-state index in [2.05, 4.69) is 4.74 Å². The Balaban J connectivity index is 1.50. The number of ether oxygens (including phenoxy) is 4. The number of halogens is 5. The third-order valence-corrected chi connectivity index (χ3v) is 5.40. The Morgan fingerprint density at radius 3 is 1.66 bits per heavy atom. The molecule has 0 N–H and O–H groups in total. The third-order valence-electron chi connectivity index (χ3n) is 4.08. The van der Waals surface area contributed by atoms with Crippen molar-refractivity contribution in [3.63, 3.8) is 0 Å². The summed E-state index contributed by atoms with van der Waals surface area (Å²) in [5, 5.41) is 0. The van der Waals surface area contributed by atoms with E-state index in [1.165, 1.54) is 12.1 Å². The maximum atomic E-state index is 13.5. The molecule has 0 spiro atoms. The highest BCUT2D eigenvalue weighted by Gasteiger charge is 2.28. The summed E-state index contributed by atoms with van der Waals surface area (Å²) >= 11 is 0. The number of carbonyl (C=O) groups is 1. The lowest BCUT2D eigenvalue weighted by Crippen LogP contribution is -2.16. The predicted octanol–water partition coefficient (Wildman–Crippen LogP) is 3.13. The molecule has 0 heterocycles. The summed E-state index contributed by atoms with van der Waals surface area (Å²) < 4.78 is 114. The van der Waals surface area contributed by atoms with Crippen molar-refractivity contribution in [3.8, 4) is 5.75 Å². The number of hydrogen-bond donors (Lipinski definition) is 0. The molecule has 2 aromatic rings. The molecule has 14 heteroatoms. The van der Waals surface area contributed by atoms with Gasteiger partial charge in [-0.3, -0.25) is 8.98 Å². The highest BCUT2D eigenvalue weighted by atomic mass is 32.2. The van der Waals surface area contributed by atoms with Crippen molar-refractivity contribution in [2.45, 2.75) is 11.3 Å². The zero-order valence-electron chi connectivity index (χ0n) is 18.1. The van der Waals surface area contributed by atoms with Crippen LogP contribution >= 0.6 is 0 Å². The maximum Gasteiger partial charge on any atom is 0.313 e. The van der Waals surface area contributed by atoms with Crippen LogP contribution in [0.15, 0.2) is 35.2 Å². The van der Waals surface area contributed by atoms with Gasteiger partial charge in [-0.05, 0) is 12.1 Å². The van der Waals surface area contributed by atoms with Crippen LogP contribution in [0.4, 0.5) is 22.0 Å². The first kappa shape index (κ1) is 28.6. The van der Waals surface area contributed by atoms with Crippen LogP contribution in [-0.4, -0.2) is 60.6 Å². The summed E-state index contributed by atoms with van der Waals surface area (Å²) in [5.41, 5.74) is 0. The van der Waals surface area contributed by atoms with E-state index in [1.807, 2.05) is 0 Å². The fourth-order valence-corrected chi connectivity index (χ4v) is 3.31. The van der Waals surface area contributed by atoms with E-state index in [0.29, 0.717) is 0 Å². The molecule has 0 aliphatic rings. The lowest BCUT2D eigenvalue weighted by molar-refractivity contribution is -0.136. The van der Waals surface area contributed by atoms with Crippen molar-refractivity contribution in [1.29, 1.82) is 0 Å². The monoisotopic (exact) mass is 528 g/mol. The summed E-state index contributed by atoms with van der Waals surface area (Å²) in [4.78, 5) is 11.6. The van der Waals surface area contributed by atoms with E-state index >= 15 is 0 Å². The van der Waals surface area contributed by atoms with Gasteiger partial charge in [0.15, 0.2) is 0 Å². The fraction of sp³-hybridized carbons (Fsp3) is 0.381. The van der Waals surface area contributed by atoms with Crippen LogP contribution in [0.1, 0.15) is 6.42 Å². The lowest BCUT2D eigenvalue weighted by atomic mass is 10.2. The second-order valence-electron chi connectivity index (χ2n) is 6.55. The van der Waals surface area contributed by atoms with Crippen LogP contribution in [0.2, 0.25) is 0 Å². The fourth-order valence-electron chi connectivity index (χ4n) is 2.39. The number of hydrogen-bond acceptors (Lipinski definition) is 8. The second-order valence-corrected chi connectivity index (χ2v) is 8.16. The van der Waals surface area contributed by atoms with Gasteiger partial charge >= 0.3 is 5.97 Å². The summed E-state index contributed by atoms with van der Waals surface area (Å²) in [7, 11) is -3.85. The van der Waals surface area contributed by atoms with E-state index < -0.39 is 57.3 Å². The molecule has 2 rings (SSSR count). The minimum atomic E-state index is -3.85. The first-order valence-electron chi connectivity index (χ1n) is 10.0. The highest BCUT2D eigenvalue weighted by molar-refractivity contribution is 7.86. The summed E-state index contributed by atoms with van der Waals surface area (Å²) in [6.07, 6.45) is -0.519. The Labute approximate surface area is 197 Å². The largest absolute Gasteiger partial charge is 0.420 e. The van der Waals surface area contributed by atoms with E-state index in [1.54, 1.807) is 18.2 Å². The summed E-state index contributed by atoms with van der Waals surface area (Å²) in [6, 6.07) is 7.62. The number of esters is 1. The lowest BCUT2D eigenvalue weighted by Gasteiger charge is -2.09. The first-order chi connectivity index (χ1) is 16.6. The number of carbonyl (C=O) groups excluding carboxylic acids is 1. The Morgan fingerprint density at radius 2 is 1.11 bits per heavy atom. The van der Waals surface area contributed by atoms with E-state index in [0.717, 1.165) is 0 Å². The van der Waals surface area contributed by atoms with Crippen molar-refractivity contribution < 1.29 is 58.3 Å². The number of rotatable bonds is 15. The van der Waals surface area contributed by atoms with Gasteiger partial charge in [-0.25, -0.2) is 13.2 Å². The predicted molar refractivity (Wildman–Crippen MR) is 109 cm³/mol. The van der Waals surface area contributed by atoms with Gasteiger partial charge < -0.3 is 18.9 Å². The molecule has 0 amide bonds. The summed E-state index contributed by atoms with van der Waals surface area (Å²) in [6.45, 7) is -0.0247. The van der Waals surface area contributed by atoms with Crippen molar-refractivity contribution in [2.75, 3.05) is 46.2 Å². The van der Waals surface area contributed by atoms with Gasteiger partial charge in [-0.1, -0.05) is 18.2 Å². The normalized spacial score (nSPS) is 11.6. The third kappa shape index (κ3) is 8.81. The molecule has 35 heavy (non-hydrogen) atoms. The molecule has 194 valence electrons. The zero-order chi connectivity index (χ0) is 25.8. The van der Waals surface area contributed by atoms with Crippen molar-refractivity contribution in [1.82, 2.24) is 0 Å². The van der Waals surface area contributed by atoms with E-state index in [9.17, 15) is 35.2 Å². The second kappa shape index (κ2) is 14.0. The molecule has 0 radical (unpaired) electrons. The molecule has 0 fully saturated rings. The Kier molecular flexibility index (Phi) is 11.5. The molecule has 0 aliphatic heterocycles. The maximum absolute atomic E-state index is 13.5. The van der Waals surface area contributed by atoms with E-state index in [-0.39, 0.29) is 51.1 Å². The smallest absolute Gasteiger partial charge is 0.313 e. The minimum Gasteiger partial charge on any atom is -0.420 e. The van der Waals surface area contributed by atoms with Crippen molar-refractivity contribution in [2.24, 2.45) is 0 Å². The van der Waals surface area contributed by atoms with Gasteiger partial charge in [0.05, 0.1) is 57.6 Å². The standard InChI is InChI=1S/C21H21F5O8S/c22-16-17(23)19(25)21(20(26)18(16)24)34-15(27)6-7-30-8-9-31-10-11-32-12-13-33-35(28,29)14-4-2-1-3-5-14/h1-5H,6-13H2. The minimum absolute atomic E-state index is 0.0110. The molecule has 0 saturated carbocycles. The molecular formula is C21H21F5O8S. The molecule has 0 aromatic heterocycles. The van der Waals surface area contributed by atoms with Gasteiger partial charge in [0, 0.05) is 0 Å². The van der Waals surface area contributed by atoms with Crippen LogP contribution in [0, 0.1) is 29.1 Å². The highest BCUT2D eigenvalue weighted by Crippen LogP contribution is 2.29. The Hall–Kier alpha value is -2.65. The van der Waals surface area contributed by atoms with Crippen molar-refractivity contribution >= 4 is 16.1 Å². The average Bonchev–Trinajstić information content (AvgIpc) is 2.85. The van der Waals surface area contributed by atoms with Crippen molar-refractivity contribution in [3.05, 3.63) is 59.4 Å². The van der Waals surface area contributed by atoms with Gasteiger partial charge in [0.1, 0.15) is 0 Å². The van der Waals surface area contributed by atoms with Gasteiger partial charge in [0.2, 0.25) is 34.8 Å². The van der Waals surface area contributed by atoms with Crippen LogP contribution in [0.5, 0.6) is 5.75 Å². The first-order valence-corrected chi connectivity index (χ1v) is 11.5. The SMILES string of the molecule is O=C(CCOCCOCCOCCOS(=O)(=O)c1ccccc1)Oc1c(F)c(F)c(F)c(F)c1F. The topological polar surface area (TPSA) is 97.4 Å². The van der Waals surface area contributed by atoms with Gasteiger partial charge in [0.25, 0.3) is 10.1 Å². The van der Waals surface area contributed by atoms with E-state index in [4.69, 9.17) is 18.4 Å².